The summed E-state index contributed by atoms with van der Waals surface area (Å²) in [5, 5.41) is 8.46. The highest BCUT2D eigenvalue weighted by atomic mass is 14.6. The van der Waals surface area contributed by atoms with Gasteiger partial charge in [-0.15, -0.1) is 0 Å². The Hall–Kier alpha value is -1.23. The van der Waals surface area contributed by atoms with Crippen molar-refractivity contribution < 1.29 is 0 Å². The third kappa shape index (κ3) is 0.812. The molecule has 0 spiro atoms. The molecule has 1 aliphatic rings. The second kappa shape index (κ2) is 1.94. The Bertz CT molecular complexity index is 218. The lowest BCUT2D eigenvalue weighted by atomic mass is 10.2. The minimum Gasteiger partial charge on any atom is -0.401 e. The molecular weight excluding hydrogens is 112 g/mol. The molecule has 0 unspecified atom stereocenters. The smallest absolute Gasteiger partial charge is 0.101 e. The predicted octanol–water partition coefficient (Wildman–Crippen LogP) is 1.07. The Balaban J connectivity index is 2.99. The van der Waals surface area contributed by atoms with Crippen molar-refractivity contribution >= 4 is 0 Å². The highest BCUT2D eigenvalue weighted by Crippen LogP contribution is 2.25. The molecule has 2 nitrogen and oxygen atoms in total. The van der Waals surface area contributed by atoms with Gasteiger partial charge in [0.1, 0.15) is 6.07 Å². The standard InChI is InChI=1S/C7H8N2/c1-5-2-3-7(9)6(5)4-8/h1-3,9H2. The highest BCUT2D eigenvalue weighted by Gasteiger charge is 2.14. The fraction of sp³-hybridized carbons (Fsp3) is 0.286. The molecule has 0 radical (unpaired) electrons. The van der Waals surface area contributed by atoms with Crippen LogP contribution in [-0.4, -0.2) is 0 Å². The molecule has 0 saturated carbocycles. The summed E-state index contributed by atoms with van der Waals surface area (Å²) in [4.78, 5) is 0. The van der Waals surface area contributed by atoms with Gasteiger partial charge in [-0.25, -0.2) is 0 Å². The molecule has 0 bridgehead atoms. The van der Waals surface area contributed by atoms with Gasteiger partial charge < -0.3 is 5.73 Å². The fourth-order valence-corrected chi connectivity index (χ4v) is 0.913. The van der Waals surface area contributed by atoms with Gasteiger partial charge in [-0.3, -0.25) is 0 Å². The first-order valence-corrected chi connectivity index (χ1v) is 2.82. The molecule has 0 saturated heterocycles. The van der Waals surface area contributed by atoms with E-state index in [0.717, 1.165) is 18.4 Å². The number of nitrogens with two attached hydrogens (primary N) is 1. The van der Waals surface area contributed by atoms with Crippen LogP contribution in [0.25, 0.3) is 0 Å². The van der Waals surface area contributed by atoms with Crippen LogP contribution in [-0.2, 0) is 0 Å². The van der Waals surface area contributed by atoms with Crippen LogP contribution in [0.15, 0.2) is 23.4 Å². The van der Waals surface area contributed by atoms with E-state index in [2.05, 4.69) is 6.58 Å². The largest absolute Gasteiger partial charge is 0.401 e. The predicted molar refractivity (Wildman–Crippen MR) is 35.2 cm³/mol. The van der Waals surface area contributed by atoms with Gasteiger partial charge in [0.05, 0.1) is 5.57 Å². The van der Waals surface area contributed by atoms with E-state index in [1.54, 1.807) is 0 Å². The number of nitrogens with zero attached hydrogens (tertiary/aromatic N) is 1. The van der Waals surface area contributed by atoms with Crippen molar-refractivity contribution in [3.05, 3.63) is 23.4 Å². The lowest BCUT2D eigenvalue weighted by Crippen LogP contribution is -1.93. The summed E-state index contributed by atoms with van der Waals surface area (Å²) < 4.78 is 0. The third-order valence-electron chi connectivity index (χ3n) is 1.48. The molecule has 2 N–H and O–H groups in total. The minimum atomic E-state index is 0.606. The van der Waals surface area contributed by atoms with Gasteiger partial charge >= 0.3 is 0 Å². The summed E-state index contributed by atoms with van der Waals surface area (Å²) in [7, 11) is 0. The van der Waals surface area contributed by atoms with Gasteiger partial charge in [-0.1, -0.05) is 6.58 Å². The van der Waals surface area contributed by atoms with Crippen LogP contribution >= 0.6 is 0 Å². The number of hydrogen-bond acceptors (Lipinski definition) is 2. The Morgan fingerprint density at radius 1 is 1.56 bits per heavy atom. The molecule has 1 rings (SSSR count). The minimum absolute atomic E-state index is 0.606. The maximum absolute atomic E-state index is 8.46. The third-order valence-corrected chi connectivity index (χ3v) is 1.48. The Morgan fingerprint density at radius 3 is 2.44 bits per heavy atom. The molecule has 0 fully saturated rings. The topological polar surface area (TPSA) is 49.8 Å². The molecule has 1 aliphatic carbocycles. The normalized spacial score (nSPS) is 18.3. The Labute approximate surface area is 54.3 Å². The van der Waals surface area contributed by atoms with E-state index in [1.165, 1.54) is 0 Å². The van der Waals surface area contributed by atoms with Crippen molar-refractivity contribution in [3.8, 4) is 6.07 Å². The molecule has 0 heterocycles. The van der Waals surface area contributed by atoms with Crippen molar-refractivity contribution in [1.82, 2.24) is 0 Å². The summed E-state index contributed by atoms with van der Waals surface area (Å²) >= 11 is 0. The second-order valence-electron chi connectivity index (χ2n) is 2.12. The first-order valence-electron chi connectivity index (χ1n) is 2.82. The molecule has 0 atom stereocenters. The quantitative estimate of drug-likeness (QED) is 0.520. The van der Waals surface area contributed by atoms with E-state index in [0.29, 0.717) is 11.3 Å². The first kappa shape index (κ1) is 5.90. The van der Waals surface area contributed by atoms with Crippen molar-refractivity contribution in [2.75, 3.05) is 0 Å². The monoisotopic (exact) mass is 120 g/mol. The maximum atomic E-state index is 8.46. The summed E-state index contributed by atoms with van der Waals surface area (Å²) in [5.41, 5.74) is 7.66. The molecule has 9 heavy (non-hydrogen) atoms. The molecule has 2 heteroatoms. The Kier molecular flexibility index (Phi) is 1.27. The van der Waals surface area contributed by atoms with E-state index in [1.807, 2.05) is 6.07 Å². The molecule has 0 aromatic carbocycles. The summed E-state index contributed by atoms with van der Waals surface area (Å²) in [6, 6.07) is 2.02. The zero-order valence-electron chi connectivity index (χ0n) is 5.15. The molecule has 0 aliphatic heterocycles. The number of allylic oxidation sites excluding steroid dienone is 3. The number of nitriles is 1. The molecular formula is C7H8N2. The lowest BCUT2D eigenvalue weighted by molar-refractivity contribution is 0.996. The van der Waals surface area contributed by atoms with Gasteiger partial charge in [0.25, 0.3) is 0 Å². The summed E-state index contributed by atoms with van der Waals surface area (Å²) in [5.74, 6) is 0. The van der Waals surface area contributed by atoms with Crippen LogP contribution in [0.3, 0.4) is 0 Å². The van der Waals surface area contributed by atoms with Crippen LogP contribution in [0, 0.1) is 11.3 Å². The molecule has 0 amide bonds. The van der Waals surface area contributed by atoms with Crippen molar-refractivity contribution in [2.24, 2.45) is 5.73 Å². The van der Waals surface area contributed by atoms with E-state index in [4.69, 9.17) is 11.0 Å². The molecule has 0 aromatic heterocycles. The maximum Gasteiger partial charge on any atom is 0.101 e. The number of rotatable bonds is 0. The zero-order valence-corrected chi connectivity index (χ0v) is 5.15. The van der Waals surface area contributed by atoms with E-state index < -0.39 is 0 Å². The van der Waals surface area contributed by atoms with Gasteiger partial charge in [-0.2, -0.15) is 5.26 Å². The zero-order chi connectivity index (χ0) is 6.85. The average molecular weight is 120 g/mol. The average Bonchev–Trinajstić information content (AvgIpc) is 2.12. The van der Waals surface area contributed by atoms with Gasteiger partial charge in [0.15, 0.2) is 0 Å². The van der Waals surface area contributed by atoms with Gasteiger partial charge in [0.2, 0.25) is 0 Å². The van der Waals surface area contributed by atoms with Gasteiger partial charge in [-0.05, 0) is 18.4 Å². The SMILES string of the molecule is C=C1CCC(N)=C1C#N. The van der Waals surface area contributed by atoms with E-state index in [9.17, 15) is 0 Å². The van der Waals surface area contributed by atoms with E-state index in [-0.39, 0.29) is 0 Å². The lowest BCUT2D eigenvalue weighted by Gasteiger charge is -1.88. The fourth-order valence-electron chi connectivity index (χ4n) is 0.913. The van der Waals surface area contributed by atoms with Crippen molar-refractivity contribution in [2.45, 2.75) is 12.8 Å². The second-order valence-corrected chi connectivity index (χ2v) is 2.12. The number of hydrogen-bond donors (Lipinski definition) is 1. The Morgan fingerprint density at radius 2 is 2.22 bits per heavy atom. The van der Waals surface area contributed by atoms with Crippen LogP contribution in [0.2, 0.25) is 0 Å². The summed E-state index contributed by atoms with van der Waals surface area (Å²) in [6.45, 7) is 3.70. The highest BCUT2D eigenvalue weighted by molar-refractivity contribution is 5.47. The van der Waals surface area contributed by atoms with Crippen LogP contribution < -0.4 is 5.73 Å². The van der Waals surface area contributed by atoms with Crippen LogP contribution in [0.5, 0.6) is 0 Å². The van der Waals surface area contributed by atoms with Crippen LogP contribution in [0.1, 0.15) is 12.8 Å². The van der Waals surface area contributed by atoms with E-state index >= 15 is 0 Å². The molecule has 0 aromatic rings. The van der Waals surface area contributed by atoms with Gasteiger partial charge in [0, 0.05) is 5.70 Å². The van der Waals surface area contributed by atoms with Crippen LogP contribution in [0.4, 0.5) is 0 Å². The summed E-state index contributed by atoms with van der Waals surface area (Å²) in [6.07, 6.45) is 1.66. The molecule has 46 valence electrons. The first-order chi connectivity index (χ1) is 4.25. The van der Waals surface area contributed by atoms with Crippen molar-refractivity contribution in [1.29, 1.82) is 5.26 Å². The van der Waals surface area contributed by atoms with Crippen molar-refractivity contribution in [3.63, 3.8) is 0 Å².